The molecule has 2 aliphatic carbocycles. The molecule has 0 amide bonds. The molecule has 0 radical (unpaired) electrons. The van der Waals surface area contributed by atoms with Gasteiger partial charge in [-0.2, -0.15) is 0 Å². The Bertz CT molecular complexity index is 389. The van der Waals surface area contributed by atoms with Crippen LogP contribution in [0.1, 0.15) is 54.4 Å². The second-order valence-corrected chi connectivity index (χ2v) is 17.4. The van der Waals surface area contributed by atoms with Crippen LogP contribution < -0.4 is 0 Å². The van der Waals surface area contributed by atoms with E-state index in [9.17, 15) is 0 Å². The molecular weight excluding hydrogens is 481 g/mol. The minimum absolute atomic E-state index is 0. The van der Waals surface area contributed by atoms with Crippen LogP contribution in [0.15, 0.2) is 0 Å². The van der Waals surface area contributed by atoms with Gasteiger partial charge in [0.2, 0.25) is 0 Å². The van der Waals surface area contributed by atoms with Gasteiger partial charge in [-0.25, -0.2) is 0 Å². The van der Waals surface area contributed by atoms with E-state index in [1.165, 1.54) is 12.8 Å². The van der Waals surface area contributed by atoms with Gasteiger partial charge in [0.05, 0.1) is 0 Å². The van der Waals surface area contributed by atoms with Crippen LogP contribution >= 0.6 is 34.5 Å². The van der Waals surface area contributed by atoms with Crippen molar-refractivity contribution in [3.05, 3.63) is 12.4 Å². The Kier molecular flexibility index (Phi) is 12.9. The first-order valence-corrected chi connectivity index (χ1v) is 18.0. The summed E-state index contributed by atoms with van der Waals surface area (Å²) in [6.45, 7) is 19.8. The van der Waals surface area contributed by atoms with E-state index < -0.39 is 25.3 Å². The molecule has 0 bridgehead atoms. The van der Waals surface area contributed by atoms with Crippen LogP contribution in [0.25, 0.3) is 4.98 Å². The fraction of sp³-hybridized carbons (Fsp3) is 0.950. The average molecular weight is 521 g/mol. The van der Waals surface area contributed by atoms with Crippen molar-refractivity contribution >= 4 is 42.8 Å². The van der Waals surface area contributed by atoms with Crippen molar-refractivity contribution in [2.45, 2.75) is 83.9 Å². The topological polar surface area (TPSA) is 14.1 Å². The molecule has 0 N–H and O–H groups in total. The number of rotatable bonds is 3. The molecule has 2 rings (SSSR count). The number of alkyl halides is 1. The van der Waals surface area contributed by atoms with Crippen LogP contribution in [0.3, 0.4) is 0 Å². The molecule has 156 valence electrons. The molecule has 26 heavy (non-hydrogen) atoms. The quantitative estimate of drug-likeness (QED) is 0.201. The third kappa shape index (κ3) is 6.74. The van der Waals surface area contributed by atoms with Crippen LogP contribution in [-0.2, 0) is 17.0 Å². The van der Waals surface area contributed by atoms with Gasteiger partial charge in [0.15, 0.2) is 0 Å². The molecule has 2 aliphatic rings. The first-order valence-electron chi connectivity index (χ1n) is 9.80. The fourth-order valence-corrected chi connectivity index (χ4v) is 11.9. The molecular formula is C20H40BrCl2NSiTi-2. The van der Waals surface area contributed by atoms with Gasteiger partial charge in [0.1, 0.15) is 0 Å². The van der Waals surface area contributed by atoms with Crippen molar-refractivity contribution in [3.8, 4) is 0 Å². The van der Waals surface area contributed by atoms with Gasteiger partial charge in [-0.1, -0.05) is 90.3 Å². The minimum atomic E-state index is -1.58. The van der Waals surface area contributed by atoms with E-state index in [1.54, 1.807) is 0 Å². The monoisotopic (exact) mass is 519 g/mol. The van der Waals surface area contributed by atoms with Gasteiger partial charge < -0.3 is 12.4 Å². The molecule has 0 heterocycles. The van der Waals surface area contributed by atoms with Crippen LogP contribution in [-0.4, -0.2) is 19.1 Å². The van der Waals surface area contributed by atoms with E-state index in [2.05, 4.69) is 70.6 Å². The molecule has 0 aromatic rings. The summed E-state index contributed by atoms with van der Waals surface area (Å²) in [5.41, 5.74) is 0.851. The van der Waals surface area contributed by atoms with Crippen LogP contribution in [0, 0.1) is 42.9 Å². The Hall–Kier alpha value is 1.95. The van der Waals surface area contributed by atoms with E-state index in [4.69, 9.17) is 23.6 Å². The van der Waals surface area contributed by atoms with Gasteiger partial charge in [-0.05, 0) is 47.3 Å². The first kappa shape index (κ1) is 28.0. The van der Waals surface area contributed by atoms with E-state index in [0.717, 1.165) is 41.0 Å². The number of hydrogen-bond donors (Lipinski definition) is 0. The summed E-state index contributed by atoms with van der Waals surface area (Å²) in [5.74, 6) is 4.96. The predicted octanol–water partition coefficient (Wildman–Crippen LogP) is 8.52. The van der Waals surface area contributed by atoms with Gasteiger partial charge in [0, 0.05) is 0 Å². The van der Waals surface area contributed by atoms with Gasteiger partial charge in [0.25, 0.3) is 0 Å². The number of nitrogens with zero attached hydrogens (tertiary/aromatic N) is 1. The van der Waals surface area contributed by atoms with Crippen molar-refractivity contribution in [2.24, 2.45) is 35.5 Å². The predicted molar refractivity (Wildman–Crippen MR) is 123 cm³/mol. The molecule has 8 atom stereocenters. The number of halogens is 3. The Labute approximate surface area is 190 Å². The van der Waals surface area contributed by atoms with Gasteiger partial charge in [-0.15, -0.1) is 6.04 Å². The average Bonchev–Trinajstić information content (AvgIpc) is 2.68. The van der Waals surface area contributed by atoms with Crippen LogP contribution in [0.5, 0.6) is 0 Å². The molecule has 0 aromatic carbocycles. The molecule has 0 spiro atoms. The zero-order chi connectivity index (χ0) is 19.5. The standard InChI is InChI=1S/C19H37BrNSi.CH3.2ClH.Ti/c1-11-9-12(2)18(17(20)10-11)21-22(7,8)19-15(5)13(3)14(4)16(19)6;;;;/h11-19H,9-10H2,1-8H3;1H3;2*1H;/q2*-1;;;+2/p-2. The van der Waals surface area contributed by atoms with E-state index >= 15 is 0 Å². The van der Waals surface area contributed by atoms with Crippen LogP contribution in [0.2, 0.25) is 18.6 Å². The third-order valence-corrected chi connectivity index (χ3v) is 11.8. The second kappa shape index (κ2) is 12.0. The van der Waals surface area contributed by atoms with Crippen LogP contribution in [0.4, 0.5) is 0 Å². The van der Waals surface area contributed by atoms with Crippen molar-refractivity contribution < 1.29 is 17.0 Å². The normalized spacial score (nSPS) is 43.1. The Morgan fingerprint density at radius 3 is 1.69 bits per heavy atom. The summed E-state index contributed by atoms with van der Waals surface area (Å²) in [4.78, 5) is 6.21. The summed E-state index contributed by atoms with van der Waals surface area (Å²) in [7, 11) is 8.20. The summed E-state index contributed by atoms with van der Waals surface area (Å²) in [6.07, 6.45) is 2.65. The summed E-state index contributed by atoms with van der Waals surface area (Å²) in [5, 5.41) is 0. The van der Waals surface area contributed by atoms with Crippen molar-refractivity contribution in [1.29, 1.82) is 0 Å². The zero-order valence-corrected chi connectivity index (χ0v) is 23.9. The molecule has 1 nitrogen and oxygen atoms in total. The van der Waals surface area contributed by atoms with E-state index in [-0.39, 0.29) is 7.43 Å². The zero-order valence-electron chi connectivity index (χ0n) is 18.2. The summed E-state index contributed by atoms with van der Waals surface area (Å²) >= 11 is 3.42. The SMILES string of the molecule is CC1CC(C)C([N-][Si](C)(C)C2C(C)C(C)C(C)C2C)C(Br)C1.[CH3-].[Cl][Ti][Cl]. The Morgan fingerprint density at radius 2 is 1.31 bits per heavy atom. The molecule has 2 fully saturated rings. The second-order valence-electron chi connectivity index (χ2n) is 9.38. The third-order valence-electron chi connectivity index (χ3n) is 7.27. The first-order chi connectivity index (χ1) is 11.5. The molecule has 6 heteroatoms. The maximum atomic E-state index is 5.61. The van der Waals surface area contributed by atoms with Crippen molar-refractivity contribution in [3.63, 3.8) is 0 Å². The van der Waals surface area contributed by atoms with Gasteiger partial charge >= 0.3 is 35.6 Å². The maximum absolute atomic E-state index is 5.61. The van der Waals surface area contributed by atoms with E-state index in [1.807, 2.05) is 0 Å². The molecule has 2 saturated carbocycles. The summed E-state index contributed by atoms with van der Waals surface area (Å²) in [6, 6.07) is 0.545. The number of hydrogen-bond acceptors (Lipinski definition) is 0. The molecule has 0 aromatic heterocycles. The fourth-order valence-electron chi connectivity index (χ4n) is 5.81. The Balaban J connectivity index is 0.00000146. The van der Waals surface area contributed by atoms with Gasteiger partial charge in [-0.3, -0.25) is 0 Å². The van der Waals surface area contributed by atoms with Crippen molar-refractivity contribution in [2.75, 3.05) is 0 Å². The molecule has 8 unspecified atom stereocenters. The van der Waals surface area contributed by atoms with E-state index in [0.29, 0.717) is 10.9 Å². The Morgan fingerprint density at radius 1 is 0.885 bits per heavy atom. The molecule has 0 aliphatic heterocycles. The summed E-state index contributed by atoms with van der Waals surface area (Å²) < 4.78 is 0. The molecule has 0 saturated heterocycles. The van der Waals surface area contributed by atoms with Crippen molar-refractivity contribution in [1.82, 2.24) is 0 Å².